The van der Waals surface area contributed by atoms with Crippen LogP contribution in [0.5, 0.6) is 0 Å². The Balaban J connectivity index is 0.000000442. The minimum absolute atomic E-state index is 0.0602. The van der Waals surface area contributed by atoms with E-state index in [1.54, 1.807) is 0 Å². The van der Waals surface area contributed by atoms with E-state index < -0.39 is 0 Å². The Hall–Kier alpha value is -1.12. The minimum Gasteiger partial charge on any atom is -0.311 e. The normalized spacial score (nSPS) is 11.8. The number of rotatable bonds is 0. The fourth-order valence-electron chi connectivity index (χ4n) is 1.57. The molecule has 0 fully saturated rings. The van der Waals surface area contributed by atoms with Crippen molar-refractivity contribution in [2.75, 3.05) is 0 Å². The zero-order chi connectivity index (χ0) is 11.8. The van der Waals surface area contributed by atoms with E-state index in [9.17, 15) is 4.79 Å². The molecule has 1 N–H and O–H groups in total. The van der Waals surface area contributed by atoms with Crippen LogP contribution in [0.2, 0.25) is 0 Å². The molecule has 1 aromatic rings. The van der Waals surface area contributed by atoms with Gasteiger partial charge in [-0.1, -0.05) is 27.7 Å². The molecule has 2 rings (SSSR count). The summed E-state index contributed by atoms with van der Waals surface area (Å²) in [7, 11) is 0. The van der Waals surface area contributed by atoms with Crippen LogP contribution in [-0.2, 0) is 12.8 Å². The van der Waals surface area contributed by atoms with Crippen LogP contribution in [0.25, 0.3) is 0 Å². The van der Waals surface area contributed by atoms with Crippen LogP contribution in [-0.4, -0.2) is 9.97 Å². The maximum Gasteiger partial charge on any atom is 0.254 e. The summed E-state index contributed by atoms with van der Waals surface area (Å²) < 4.78 is 0. The summed E-state index contributed by atoms with van der Waals surface area (Å²) in [6, 6.07) is 0. The highest BCUT2D eigenvalue weighted by atomic mass is 16.1. The summed E-state index contributed by atoms with van der Waals surface area (Å²) in [5, 5.41) is 0. The molecule has 0 spiro atoms. The zero-order valence-corrected chi connectivity index (χ0v) is 10.5. The minimum atomic E-state index is 0.0602. The average Bonchev–Trinajstić information content (AvgIpc) is 2.72. The number of nitrogens with one attached hydrogen (secondary N) is 1. The van der Waals surface area contributed by atoms with E-state index in [-0.39, 0.29) is 5.56 Å². The summed E-state index contributed by atoms with van der Waals surface area (Å²) in [5.74, 6) is 0.732. The van der Waals surface area contributed by atoms with E-state index in [2.05, 4.69) is 9.97 Å². The van der Waals surface area contributed by atoms with Crippen LogP contribution in [0, 0.1) is 6.92 Å². The molecule has 0 radical (unpaired) electrons. The number of aromatic amines is 1. The van der Waals surface area contributed by atoms with Gasteiger partial charge in [0.05, 0.1) is 5.69 Å². The first-order chi connectivity index (χ1) is 7.27. The van der Waals surface area contributed by atoms with Gasteiger partial charge in [-0.25, -0.2) is 4.98 Å². The van der Waals surface area contributed by atoms with Gasteiger partial charge in [0.25, 0.3) is 5.56 Å². The molecule has 3 nitrogen and oxygen atoms in total. The van der Waals surface area contributed by atoms with Crippen LogP contribution in [0.3, 0.4) is 0 Å². The molecule has 86 valence electrons. The maximum atomic E-state index is 11.2. The monoisotopic (exact) mass is 210 g/mol. The van der Waals surface area contributed by atoms with Gasteiger partial charge in [0.2, 0.25) is 0 Å². The van der Waals surface area contributed by atoms with E-state index in [0.29, 0.717) is 0 Å². The lowest BCUT2D eigenvalue weighted by Gasteiger charge is -1.97. The Kier molecular flexibility index (Phi) is 6.67. The Morgan fingerprint density at radius 3 is 2.33 bits per heavy atom. The number of hydrogen-bond donors (Lipinski definition) is 1. The fourth-order valence-corrected chi connectivity index (χ4v) is 1.57. The fraction of sp³-hybridized carbons (Fsp3) is 0.667. The molecule has 1 aromatic heterocycles. The molecule has 1 heterocycles. The molecule has 15 heavy (non-hydrogen) atoms. The van der Waals surface area contributed by atoms with Gasteiger partial charge in [0.1, 0.15) is 5.82 Å². The van der Waals surface area contributed by atoms with Crippen LogP contribution in [0.1, 0.15) is 51.2 Å². The van der Waals surface area contributed by atoms with Crippen LogP contribution in [0.4, 0.5) is 0 Å². The second-order valence-corrected chi connectivity index (χ2v) is 2.93. The first kappa shape index (κ1) is 13.9. The molecule has 0 atom stereocenters. The van der Waals surface area contributed by atoms with Gasteiger partial charge < -0.3 is 4.98 Å². The number of H-pyrrole nitrogens is 1. The second kappa shape index (κ2) is 7.21. The molecule has 0 bridgehead atoms. The molecule has 3 heteroatoms. The highest BCUT2D eigenvalue weighted by Crippen LogP contribution is 2.14. The Bertz CT molecular complexity index is 342. The van der Waals surface area contributed by atoms with Crippen LogP contribution in [0.15, 0.2) is 4.79 Å². The quantitative estimate of drug-likeness (QED) is 0.715. The summed E-state index contributed by atoms with van der Waals surface area (Å²) >= 11 is 0. The third-order valence-corrected chi connectivity index (χ3v) is 2.06. The lowest BCUT2D eigenvalue weighted by Crippen LogP contribution is -2.15. The van der Waals surface area contributed by atoms with Crippen molar-refractivity contribution in [2.24, 2.45) is 0 Å². The molecule has 0 saturated carbocycles. The van der Waals surface area contributed by atoms with E-state index >= 15 is 0 Å². The number of aryl methyl sites for hydroxylation is 2. The number of hydrogen-bond acceptors (Lipinski definition) is 2. The van der Waals surface area contributed by atoms with Crippen molar-refractivity contribution in [1.82, 2.24) is 9.97 Å². The molecule has 1 aliphatic carbocycles. The van der Waals surface area contributed by atoms with E-state index in [1.165, 1.54) is 0 Å². The number of aromatic nitrogens is 2. The number of nitrogens with zero attached hydrogens (tertiary/aromatic N) is 1. The second-order valence-electron chi connectivity index (χ2n) is 2.93. The molecule has 0 aliphatic heterocycles. The summed E-state index contributed by atoms with van der Waals surface area (Å²) in [4.78, 5) is 18.2. The van der Waals surface area contributed by atoms with Gasteiger partial charge in [-0.15, -0.1) is 0 Å². The highest BCUT2D eigenvalue weighted by molar-refractivity contribution is 5.22. The smallest absolute Gasteiger partial charge is 0.254 e. The Labute approximate surface area is 92.0 Å². The van der Waals surface area contributed by atoms with Gasteiger partial charge in [0.15, 0.2) is 0 Å². The highest BCUT2D eigenvalue weighted by Gasteiger charge is 2.15. The van der Waals surface area contributed by atoms with Gasteiger partial charge in [-0.3, -0.25) is 4.79 Å². The van der Waals surface area contributed by atoms with Crippen LogP contribution < -0.4 is 5.56 Å². The summed E-state index contributed by atoms with van der Waals surface area (Å²) in [5.41, 5.74) is 1.96. The number of fused-ring (bicyclic) bond motifs is 1. The average molecular weight is 210 g/mol. The van der Waals surface area contributed by atoms with E-state index in [0.717, 1.165) is 36.3 Å². The summed E-state index contributed by atoms with van der Waals surface area (Å²) in [6.45, 7) is 9.82. The third kappa shape index (κ3) is 3.50. The lowest BCUT2D eigenvalue weighted by molar-refractivity contribution is 0.895. The van der Waals surface area contributed by atoms with Crippen molar-refractivity contribution >= 4 is 0 Å². The van der Waals surface area contributed by atoms with Gasteiger partial charge in [-0.2, -0.15) is 0 Å². The van der Waals surface area contributed by atoms with Crippen molar-refractivity contribution in [2.45, 2.75) is 53.9 Å². The van der Waals surface area contributed by atoms with Crippen molar-refractivity contribution in [3.05, 3.63) is 27.4 Å². The third-order valence-electron chi connectivity index (χ3n) is 2.06. The van der Waals surface area contributed by atoms with E-state index in [1.807, 2.05) is 34.6 Å². The largest absolute Gasteiger partial charge is 0.311 e. The SMILES string of the molecule is CC.CC.Cc1nc2c(c(=O)[nH]1)CCC2. The standard InChI is InChI=1S/C8H10N2O.2C2H6/c1-5-9-7-4-2-3-6(7)8(11)10-5;2*1-2/h2-4H2,1H3,(H,9,10,11);2*1-2H3. The van der Waals surface area contributed by atoms with Crippen molar-refractivity contribution in [1.29, 1.82) is 0 Å². The predicted molar refractivity (Wildman–Crippen MR) is 64.3 cm³/mol. The first-order valence-corrected chi connectivity index (χ1v) is 5.86. The zero-order valence-electron chi connectivity index (χ0n) is 10.5. The topological polar surface area (TPSA) is 45.8 Å². The van der Waals surface area contributed by atoms with Gasteiger partial charge >= 0.3 is 0 Å². The molecule has 0 aromatic carbocycles. The molecule has 0 amide bonds. The predicted octanol–water partition coefficient (Wildman–Crippen LogP) is 2.62. The van der Waals surface area contributed by atoms with Crippen molar-refractivity contribution in [3.8, 4) is 0 Å². The molecule has 0 saturated heterocycles. The molecule has 0 unspecified atom stereocenters. The Morgan fingerprint density at radius 1 is 1.13 bits per heavy atom. The summed E-state index contributed by atoms with van der Waals surface area (Å²) in [6.07, 6.45) is 2.95. The molecular weight excluding hydrogens is 188 g/mol. The van der Waals surface area contributed by atoms with Crippen molar-refractivity contribution < 1.29 is 0 Å². The molecular formula is C12H22N2O. The lowest BCUT2D eigenvalue weighted by atomic mass is 10.2. The van der Waals surface area contributed by atoms with Gasteiger partial charge in [0, 0.05) is 5.56 Å². The van der Waals surface area contributed by atoms with E-state index in [4.69, 9.17) is 0 Å². The first-order valence-electron chi connectivity index (χ1n) is 5.86. The molecule has 1 aliphatic rings. The Morgan fingerprint density at radius 2 is 1.73 bits per heavy atom. The maximum absolute atomic E-state index is 11.2. The van der Waals surface area contributed by atoms with Crippen molar-refractivity contribution in [3.63, 3.8) is 0 Å². The van der Waals surface area contributed by atoms with Gasteiger partial charge in [-0.05, 0) is 26.2 Å². The van der Waals surface area contributed by atoms with Crippen LogP contribution >= 0.6 is 0 Å².